The van der Waals surface area contributed by atoms with E-state index in [-0.39, 0.29) is 23.5 Å². The maximum absolute atomic E-state index is 12.7. The zero-order valence-corrected chi connectivity index (χ0v) is 14.9. The lowest BCUT2D eigenvalue weighted by Gasteiger charge is -2.23. The number of ketones is 1. The van der Waals surface area contributed by atoms with Gasteiger partial charge in [0.25, 0.3) is 0 Å². The lowest BCUT2D eigenvalue weighted by atomic mass is 10.1. The van der Waals surface area contributed by atoms with Crippen LogP contribution in [-0.2, 0) is 4.79 Å². The monoisotopic (exact) mass is 348 g/mol. The van der Waals surface area contributed by atoms with Gasteiger partial charge >= 0.3 is 0 Å². The number of rotatable bonds is 8. The molecule has 4 heteroatoms. The van der Waals surface area contributed by atoms with Crippen LogP contribution in [0.4, 0.5) is 11.4 Å². The van der Waals surface area contributed by atoms with Crippen LogP contribution in [0.15, 0.2) is 54.6 Å². The van der Waals surface area contributed by atoms with Crippen molar-refractivity contribution in [3.05, 3.63) is 60.2 Å². The van der Waals surface area contributed by atoms with Crippen LogP contribution in [0.2, 0.25) is 0 Å². The van der Waals surface area contributed by atoms with Crippen LogP contribution in [-0.4, -0.2) is 24.8 Å². The summed E-state index contributed by atoms with van der Waals surface area (Å²) >= 11 is 0. The standard InChI is InChI=1S/C22H24N2O2/c25-21(16-10-11-16)19-8-4-5-9-20(19)23-14-15-24(22(26)17-12-13-17)18-6-2-1-3-7-18/h1-9,16-17,23H,10-15H2. The molecule has 0 atom stereocenters. The number of hydrogen-bond donors (Lipinski definition) is 1. The fourth-order valence-electron chi connectivity index (χ4n) is 3.25. The van der Waals surface area contributed by atoms with Crippen molar-refractivity contribution in [2.24, 2.45) is 11.8 Å². The SMILES string of the molecule is O=C(c1ccccc1NCCN(C(=O)C1CC1)c1ccccc1)C1CC1. The molecule has 0 saturated heterocycles. The highest BCUT2D eigenvalue weighted by atomic mass is 16.2. The first kappa shape index (κ1) is 16.8. The van der Waals surface area contributed by atoms with E-state index in [9.17, 15) is 9.59 Å². The van der Waals surface area contributed by atoms with E-state index in [4.69, 9.17) is 0 Å². The molecule has 26 heavy (non-hydrogen) atoms. The second kappa shape index (κ2) is 7.32. The first-order chi connectivity index (χ1) is 12.7. The summed E-state index contributed by atoms with van der Waals surface area (Å²) in [6.45, 7) is 1.20. The van der Waals surface area contributed by atoms with Crippen molar-refractivity contribution in [2.75, 3.05) is 23.3 Å². The summed E-state index contributed by atoms with van der Waals surface area (Å²) in [5.74, 6) is 0.830. The maximum Gasteiger partial charge on any atom is 0.230 e. The van der Waals surface area contributed by atoms with Gasteiger partial charge in [-0.25, -0.2) is 0 Å². The number of benzene rings is 2. The lowest BCUT2D eigenvalue weighted by Crippen LogP contribution is -2.36. The van der Waals surface area contributed by atoms with Crippen LogP contribution in [0.5, 0.6) is 0 Å². The van der Waals surface area contributed by atoms with Gasteiger partial charge in [-0.2, -0.15) is 0 Å². The van der Waals surface area contributed by atoms with E-state index in [2.05, 4.69) is 5.32 Å². The number of amides is 1. The molecule has 2 fully saturated rings. The third-order valence-electron chi connectivity index (χ3n) is 5.05. The van der Waals surface area contributed by atoms with Crippen molar-refractivity contribution >= 4 is 23.1 Å². The third-order valence-corrected chi connectivity index (χ3v) is 5.05. The van der Waals surface area contributed by atoms with E-state index in [1.807, 2.05) is 59.5 Å². The van der Waals surface area contributed by atoms with Crippen molar-refractivity contribution in [3.8, 4) is 0 Å². The van der Waals surface area contributed by atoms with Crippen molar-refractivity contribution < 1.29 is 9.59 Å². The number of Topliss-reactive ketones (excluding diaryl/α,β-unsaturated/α-hetero) is 1. The first-order valence-corrected chi connectivity index (χ1v) is 9.47. The van der Waals surface area contributed by atoms with E-state index < -0.39 is 0 Å². The average Bonchev–Trinajstić information content (AvgIpc) is 3.58. The summed E-state index contributed by atoms with van der Waals surface area (Å²) in [5, 5.41) is 3.38. The van der Waals surface area contributed by atoms with Crippen molar-refractivity contribution in [1.29, 1.82) is 0 Å². The second-order valence-electron chi connectivity index (χ2n) is 7.21. The molecule has 1 amide bonds. The van der Waals surface area contributed by atoms with Gasteiger partial charge in [-0.3, -0.25) is 9.59 Å². The van der Waals surface area contributed by atoms with Gasteiger partial charge in [-0.05, 0) is 49.9 Å². The van der Waals surface area contributed by atoms with E-state index >= 15 is 0 Å². The Morgan fingerprint density at radius 3 is 2.23 bits per heavy atom. The number of anilines is 2. The molecule has 0 heterocycles. The van der Waals surface area contributed by atoms with Gasteiger partial charge in [-0.1, -0.05) is 30.3 Å². The van der Waals surface area contributed by atoms with Crippen molar-refractivity contribution in [2.45, 2.75) is 25.7 Å². The largest absolute Gasteiger partial charge is 0.383 e. The normalized spacial score (nSPS) is 16.2. The second-order valence-corrected chi connectivity index (χ2v) is 7.21. The quantitative estimate of drug-likeness (QED) is 0.730. The molecule has 0 aliphatic heterocycles. The van der Waals surface area contributed by atoms with Crippen LogP contribution in [0.25, 0.3) is 0 Å². The van der Waals surface area contributed by atoms with Gasteiger partial charge in [0.1, 0.15) is 0 Å². The van der Waals surface area contributed by atoms with Crippen LogP contribution >= 0.6 is 0 Å². The Morgan fingerprint density at radius 2 is 1.54 bits per heavy atom. The van der Waals surface area contributed by atoms with E-state index in [1.165, 1.54) is 0 Å². The molecular formula is C22H24N2O2. The summed E-state index contributed by atoms with van der Waals surface area (Å²) in [4.78, 5) is 27.0. The third kappa shape index (κ3) is 3.79. The van der Waals surface area contributed by atoms with Gasteiger partial charge in [-0.15, -0.1) is 0 Å². The molecule has 0 spiro atoms. The Balaban J connectivity index is 1.44. The number of para-hydroxylation sites is 2. The lowest BCUT2D eigenvalue weighted by molar-refractivity contribution is -0.119. The molecule has 4 nitrogen and oxygen atoms in total. The summed E-state index contributed by atoms with van der Waals surface area (Å²) < 4.78 is 0. The van der Waals surface area contributed by atoms with Crippen LogP contribution in [0.3, 0.4) is 0 Å². The molecular weight excluding hydrogens is 324 g/mol. The Morgan fingerprint density at radius 1 is 0.885 bits per heavy atom. The molecule has 0 radical (unpaired) electrons. The number of nitrogens with one attached hydrogen (secondary N) is 1. The Labute approximate surface area is 154 Å². The predicted octanol–water partition coefficient (Wildman–Crippen LogP) is 4.13. The molecule has 1 N–H and O–H groups in total. The molecule has 4 rings (SSSR count). The number of nitrogens with zero attached hydrogens (tertiary/aromatic N) is 1. The van der Waals surface area contributed by atoms with Gasteiger partial charge in [0.05, 0.1) is 0 Å². The summed E-state index contributed by atoms with van der Waals surface area (Å²) in [6.07, 6.45) is 4.00. The van der Waals surface area contributed by atoms with E-state index in [1.54, 1.807) is 0 Å². The summed E-state index contributed by atoms with van der Waals surface area (Å²) in [6, 6.07) is 17.5. The summed E-state index contributed by atoms with van der Waals surface area (Å²) in [7, 11) is 0. The zero-order chi connectivity index (χ0) is 17.9. The van der Waals surface area contributed by atoms with Crippen molar-refractivity contribution in [3.63, 3.8) is 0 Å². The molecule has 0 aromatic heterocycles. The Kier molecular flexibility index (Phi) is 4.74. The van der Waals surface area contributed by atoms with E-state index in [0.717, 1.165) is 42.6 Å². The molecule has 2 aliphatic rings. The van der Waals surface area contributed by atoms with Crippen molar-refractivity contribution in [1.82, 2.24) is 0 Å². The Bertz CT molecular complexity index is 795. The van der Waals surface area contributed by atoms with Crippen LogP contribution in [0.1, 0.15) is 36.0 Å². The van der Waals surface area contributed by atoms with Crippen LogP contribution in [0, 0.1) is 11.8 Å². The van der Waals surface area contributed by atoms with E-state index in [0.29, 0.717) is 13.1 Å². The topological polar surface area (TPSA) is 49.4 Å². The molecule has 134 valence electrons. The minimum atomic E-state index is 0.180. The number of carbonyl (C=O) groups is 2. The fourth-order valence-corrected chi connectivity index (χ4v) is 3.25. The smallest absolute Gasteiger partial charge is 0.230 e. The molecule has 2 aliphatic carbocycles. The summed E-state index contributed by atoms with van der Waals surface area (Å²) in [5.41, 5.74) is 2.58. The molecule has 2 aromatic carbocycles. The fraction of sp³-hybridized carbons (Fsp3) is 0.364. The van der Waals surface area contributed by atoms with Gasteiger partial charge < -0.3 is 10.2 Å². The first-order valence-electron chi connectivity index (χ1n) is 9.47. The van der Waals surface area contributed by atoms with Gasteiger partial charge in [0, 0.05) is 41.9 Å². The molecule has 0 unspecified atom stereocenters. The number of hydrogen-bond acceptors (Lipinski definition) is 3. The zero-order valence-electron chi connectivity index (χ0n) is 14.9. The molecule has 2 aromatic rings. The highest BCUT2D eigenvalue weighted by molar-refractivity contribution is 6.03. The molecule has 2 saturated carbocycles. The van der Waals surface area contributed by atoms with Gasteiger partial charge in [0.15, 0.2) is 5.78 Å². The predicted molar refractivity (Wildman–Crippen MR) is 104 cm³/mol. The average molecular weight is 348 g/mol. The highest BCUT2D eigenvalue weighted by Gasteiger charge is 2.34. The number of carbonyl (C=O) groups excluding carboxylic acids is 2. The Hall–Kier alpha value is -2.62. The van der Waals surface area contributed by atoms with Gasteiger partial charge in [0.2, 0.25) is 5.91 Å². The molecule has 0 bridgehead atoms. The minimum absolute atomic E-state index is 0.180. The maximum atomic E-state index is 12.7. The highest BCUT2D eigenvalue weighted by Crippen LogP contribution is 2.35. The minimum Gasteiger partial charge on any atom is -0.383 e. The van der Waals surface area contributed by atoms with Crippen LogP contribution < -0.4 is 10.2 Å².